The molecule has 1 heterocycles. The van der Waals surface area contributed by atoms with Gasteiger partial charge >= 0.3 is 0 Å². The summed E-state index contributed by atoms with van der Waals surface area (Å²) < 4.78 is 0.904. The second-order valence-electron chi connectivity index (χ2n) is 5.25. The number of nitrogens with zero attached hydrogens (tertiary/aromatic N) is 1. The van der Waals surface area contributed by atoms with E-state index in [0.717, 1.165) is 29.2 Å². The van der Waals surface area contributed by atoms with Crippen molar-refractivity contribution in [2.45, 2.75) is 42.9 Å². The Balaban J connectivity index is 0.00000242. The predicted molar refractivity (Wildman–Crippen MR) is 92.6 cm³/mol. The first-order chi connectivity index (χ1) is 9.95. The predicted octanol–water partition coefficient (Wildman–Crippen LogP) is 1.91. The highest BCUT2D eigenvalue weighted by Crippen LogP contribution is 2.32. The second kappa shape index (κ2) is 8.71. The number of nitrogens with two attached hydrogens (primary N) is 2. The van der Waals surface area contributed by atoms with Gasteiger partial charge in [0.25, 0.3) is 0 Å². The largest absolute Gasteiger partial charge is 0.369 e. The zero-order valence-electron chi connectivity index (χ0n) is 12.3. The van der Waals surface area contributed by atoms with Crippen molar-refractivity contribution in [3.63, 3.8) is 0 Å². The van der Waals surface area contributed by atoms with Gasteiger partial charge in [0.1, 0.15) is 0 Å². The smallest absolute Gasteiger partial charge is 0.227 e. The standard InChI is InChI=1S/C13H20N4O2S2.ClH/c1-7-12(20-6-10(15)18)21-13(16-7)17-11(19)5-8-3-2-4-9(8)14;/h8-9H,2-6,14H2,1H3,(H2,15,18)(H,16,17,19);1H/t8-,9+;/m0./s1. The fraction of sp³-hybridized carbons (Fsp3) is 0.615. The van der Waals surface area contributed by atoms with Crippen LogP contribution in [0.4, 0.5) is 5.13 Å². The van der Waals surface area contributed by atoms with Gasteiger partial charge in [0.15, 0.2) is 5.13 Å². The lowest BCUT2D eigenvalue weighted by molar-refractivity contribution is -0.117. The molecule has 0 spiro atoms. The lowest BCUT2D eigenvalue weighted by atomic mass is 10.00. The van der Waals surface area contributed by atoms with Crippen molar-refractivity contribution in [3.05, 3.63) is 5.69 Å². The monoisotopic (exact) mass is 364 g/mol. The number of aromatic nitrogens is 1. The maximum Gasteiger partial charge on any atom is 0.227 e. The van der Waals surface area contributed by atoms with Crippen LogP contribution in [0.2, 0.25) is 0 Å². The SMILES string of the molecule is Cc1nc(NC(=O)C[C@@H]2CCC[C@H]2N)sc1SCC(N)=O.Cl. The van der Waals surface area contributed by atoms with Gasteiger partial charge in [0, 0.05) is 12.5 Å². The molecule has 124 valence electrons. The van der Waals surface area contributed by atoms with Crippen molar-refractivity contribution >= 4 is 52.5 Å². The summed E-state index contributed by atoms with van der Waals surface area (Å²) >= 11 is 2.72. The Morgan fingerprint density at radius 3 is 2.77 bits per heavy atom. The van der Waals surface area contributed by atoms with Crippen molar-refractivity contribution in [2.24, 2.45) is 17.4 Å². The molecule has 5 N–H and O–H groups in total. The number of hydrogen-bond acceptors (Lipinski definition) is 6. The number of thiazole rings is 1. The third kappa shape index (κ3) is 5.42. The molecule has 9 heteroatoms. The normalized spacial score (nSPS) is 20.5. The van der Waals surface area contributed by atoms with Crippen LogP contribution >= 0.6 is 35.5 Å². The number of primary amides is 1. The van der Waals surface area contributed by atoms with E-state index in [1.165, 1.54) is 23.1 Å². The fourth-order valence-corrected chi connectivity index (χ4v) is 4.33. The van der Waals surface area contributed by atoms with Crippen molar-refractivity contribution in [1.82, 2.24) is 4.98 Å². The lowest BCUT2D eigenvalue weighted by Gasteiger charge is -2.13. The van der Waals surface area contributed by atoms with Crippen LogP contribution in [0, 0.1) is 12.8 Å². The summed E-state index contributed by atoms with van der Waals surface area (Å²) in [7, 11) is 0. The van der Waals surface area contributed by atoms with Crippen molar-refractivity contribution < 1.29 is 9.59 Å². The van der Waals surface area contributed by atoms with E-state index < -0.39 is 0 Å². The Hall–Kier alpha value is -0.830. The summed E-state index contributed by atoms with van der Waals surface area (Å²) in [4.78, 5) is 27.1. The van der Waals surface area contributed by atoms with Crippen molar-refractivity contribution in [1.29, 1.82) is 0 Å². The number of nitrogens with one attached hydrogen (secondary N) is 1. The average molecular weight is 365 g/mol. The van der Waals surface area contributed by atoms with Gasteiger partial charge < -0.3 is 16.8 Å². The molecule has 0 bridgehead atoms. The molecule has 1 aliphatic carbocycles. The number of carbonyl (C=O) groups excluding carboxylic acids is 2. The molecular formula is C13H21ClN4O2S2. The van der Waals surface area contributed by atoms with Crippen LogP contribution in [0.1, 0.15) is 31.4 Å². The first kappa shape index (κ1) is 19.2. The molecule has 22 heavy (non-hydrogen) atoms. The summed E-state index contributed by atoms with van der Waals surface area (Å²) in [6.07, 6.45) is 3.57. The molecule has 0 aromatic carbocycles. The van der Waals surface area contributed by atoms with Gasteiger partial charge in [-0.2, -0.15) is 0 Å². The maximum absolute atomic E-state index is 12.0. The number of thioether (sulfide) groups is 1. The quantitative estimate of drug-likeness (QED) is 0.667. The highest BCUT2D eigenvalue weighted by molar-refractivity contribution is 8.01. The van der Waals surface area contributed by atoms with Crippen LogP contribution in [0.15, 0.2) is 4.21 Å². The van der Waals surface area contributed by atoms with E-state index in [-0.39, 0.29) is 41.9 Å². The van der Waals surface area contributed by atoms with Crippen molar-refractivity contribution in [3.8, 4) is 0 Å². The van der Waals surface area contributed by atoms with Gasteiger partial charge in [-0.25, -0.2) is 4.98 Å². The fourth-order valence-electron chi connectivity index (χ4n) is 2.43. The van der Waals surface area contributed by atoms with Gasteiger partial charge in [0.2, 0.25) is 11.8 Å². The van der Waals surface area contributed by atoms with E-state index in [1.54, 1.807) is 0 Å². The summed E-state index contributed by atoms with van der Waals surface area (Å²) in [6.45, 7) is 1.85. The Morgan fingerprint density at radius 2 is 2.18 bits per heavy atom. The Kier molecular flexibility index (Phi) is 7.61. The minimum Gasteiger partial charge on any atom is -0.369 e. The molecule has 2 amide bonds. The molecule has 0 unspecified atom stereocenters. The first-order valence-corrected chi connectivity index (χ1v) is 8.70. The minimum absolute atomic E-state index is 0. The zero-order chi connectivity index (χ0) is 15.4. The molecule has 6 nitrogen and oxygen atoms in total. The third-order valence-corrected chi connectivity index (χ3v) is 5.97. The molecular weight excluding hydrogens is 344 g/mol. The molecule has 1 aliphatic rings. The molecule has 0 aliphatic heterocycles. The molecule has 0 saturated heterocycles. The van der Waals surface area contributed by atoms with E-state index in [2.05, 4.69) is 10.3 Å². The highest BCUT2D eigenvalue weighted by Gasteiger charge is 2.26. The number of aryl methyl sites for hydroxylation is 1. The first-order valence-electron chi connectivity index (χ1n) is 6.89. The summed E-state index contributed by atoms with van der Waals surface area (Å²) in [5.74, 6) is 0.0776. The maximum atomic E-state index is 12.0. The molecule has 1 aromatic heterocycles. The molecule has 1 fully saturated rings. The molecule has 2 rings (SSSR count). The van der Waals surface area contributed by atoms with Gasteiger partial charge in [0.05, 0.1) is 15.7 Å². The average Bonchev–Trinajstić information content (AvgIpc) is 2.94. The number of anilines is 1. The second-order valence-corrected chi connectivity index (χ2v) is 7.50. The minimum atomic E-state index is -0.367. The summed E-state index contributed by atoms with van der Waals surface area (Å²) in [6, 6.07) is 0.135. The number of amides is 2. The highest BCUT2D eigenvalue weighted by atomic mass is 35.5. The summed E-state index contributed by atoms with van der Waals surface area (Å²) in [5.41, 5.74) is 11.9. The zero-order valence-corrected chi connectivity index (χ0v) is 14.8. The van der Waals surface area contributed by atoms with Crippen LogP contribution in [-0.4, -0.2) is 28.6 Å². The number of halogens is 1. The summed E-state index contributed by atoms with van der Waals surface area (Å²) in [5, 5.41) is 3.39. The topological polar surface area (TPSA) is 111 Å². The van der Waals surface area contributed by atoms with Crippen LogP contribution in [0.3, 0.4) is 0 Å². The van der Waals surface area contributed by atoms with Crippen LogP contribution < -0.4 is 16.8 Å². The molecule has 2 atom stereocenters. The van der Waals surface area contributed by atoms with Gasteiger partial charge in [-0.05, 0) is 25.7 Å². The van der Waals surface area contributed by atoms with Crippen LogP contribution in [0.5, 0.6) is 0 Å². The van der Waals surface area contributed by atoms with E-state index in [0.29, 0.717) is 11.6 Å². The van der Waals surface area contributed by atoms with Crippen LogP contribution in [0.25, 0.3) is 0 Å². The van der Waals surface area contributed by atoms with E-state index >= 15 is 0 Å². The van der Waals surface area contributed by atoms with Gasteiger partial charge in [-0.3, -0.25) is 9.59 Å². The Morgan fingerprint density at radius 1 is 1.45 bits per heavy atom. The Bertz CT molecular complexity index is 538. The van der Waals surface area contributed by atoms with Gasteiger partial charge in [-0.15, -0.1) is 24.2 Å². The molecule has 1 saturated carbocycles. The van der Waals surface area contributed by atoms with Crippen molar-refractivity contribution in [2.75, 3.05) is 11.1 Å². The van der Waals surface area contributed by atoms with E-state index in [4.69, 9.17) is 11.5 Å². The molecule has 0 radical (unpaired) electrons. The lowest BCUT2D eigenvalue weighted by Crippen LogP contribution is -2.28. The Labute approximate surface area is 144 Å². The number of carbonyl (C=O) groups is 2. The van der Waals surface area contributed by atoms with E-state index in [9.17, 15) is 9.59 Å². The molecule has 1 aromatic rings. The van der Waals surface area contributed by atoms with Gasteiger partial charge in [-0.1, -0.05) is 17.8 Å². The van der Waals surface area contributed by atoms with E-state index in [1.807, 2.05) is 6.92 Å². The number of hydrogen-bond donors (Lipinski definition) is 3. The third-order valence-electron chi connectivity index (χ3n) is 3.51. The number of rotatable bonds is 6. The van der Waals surface area contributed by atoms with Crippen LogP contribution in [-0.2, 0) is 9.59 Å².